The zero-order valence-corrected chi connectivity index (χ0v) is 18.0. The number of esters is 1. The van der Waals surface area contributed by atoms with Gasteiger partial charge in [-0.05, 0) is 38.2 Å². The number of amides is 1. The van der Waals surface area contributed by atoms with E-state index in [0.717, 1.165) is 5.69 Å². The van der Waals surface area contributed by atoms with Crippen LogP contribution < -0.4 is 0 Å². The molecule has 1 rings (SSSR count). The number of methoxy groups -OCH3 is 1. The normalized spacial score (nSPS) is 11.2. The number of carbonyl (C=O) groups is 3. The highest BCUT2D eigenvalue weighted by Gasteiger charge is 2.28. The second kappa shape index (κ2) is 9.72. The molecular formula is C21H34N2O4. The third-order valence-electron chi connectivity index (χ3n) is 4.60. The molecule has 1 amide bonds. The van der Waals surface area contributed by atoms with Gasteiger partial charge in [-0.15, -0.1) is 0 Å². The maximum Gasteiger partial charge on any atom is 0.354 e. The van der Waals surface area contributed by atoms with Crippen molar-refractivity contribution in [3.8, 4) is 0 Å². The van der Waals surface area contributed by atoms with E-state index in [0.29, 0.717) is 36.3 Å². The lowest BCUT2D eigenvalue weighted by atomic mass is 10.0. The molecule has 0 unspecified atom stereocenters. The number of rotatable bonds is 9. The molecule has 152 valence electrons. The van der Waals surface area contributed by atoms with Crippen molar-refractivity contribution in [2.24, 2.45) is 11.8 Å². The minimum Gasteiger partial charge on any atom is -0.464 e. The molecule has 1 aromatic rings. The van der Waals surface area contributed by atoms with Gasteiger partial charge in [0.2, 0.25) is 5.91 Å². The summed E-state index contributed by atoms with van der Waals surface area (Å²) in [5.74, 6) is -0.100. The molecule has 6 heteroatoms. The number of hydrogen-bond donors (Lipinski definition) is 0. The van der Waals surface area contributed by atoms with Gasteiger partial charge in [-0.3, -0.25) is 9.59 Å². The van der Waals surface area contributed by atoms with E-state index in [1.807, 2.05) is 41.5 Å². The fourth-order valence-electron chi connectivity index (χ4n) is 3.49. The van der Waals surface area contributed by atoms with Crippen molar-refractivity contribution in [3.05, 3.63) is 22.5 Å². The summed E-state index contributed by atoms with van der Waals surface area (Å²) in [5.41, 5.74) is 2.28. The quantitative estimate of drug-likeness (QED) is 0.486. The smallest absolute Gasteiger partial charge is 0.354 e. The number of nitrogens with zero attached hydrogens (tertiary/aromatic N) is 2. The lowest BCUT2D eigenvalue weighted by Gasteiger charge is -2.25. The van der Waals surface area contributed by atoms with E-state index in [4.69, 9.17) is 4.74 Å². The molecule has 0 saturated heterocycles. The monoisotopic (exact) mass is 378 g/mol. The highest BCUT2D eigenvalue weighted by molar-refractivity contribution is 6.04. The molecule has 0 atom stereocenters. The van der Waals surface area contributed by atoms with Crippen LogP contribution >= 0.6 is 0 Å². The summed E-state index contributed by atoms with van der Waals surface area (Å²) < 4.78 is 6.69. The Labute approximate surface area is 162 Å². The van der Waals surface area contributed by atoms with Gasteiger partial charge in [0.1, 0.15) is 5.69 Å². The minimum atomic E-state index is -0.452. The lowest BCUT2D eigenvalue weighted by molar-refractivity contribution is -0.132. The summed E-state index contributed by atoms with van der Waals surface area (Å²) in [5, 5.41) is 0. The van der Waals surface area contributed by atoms with Gasteiger partial charge in [0.05, 0.1) is 13.7 Å². The van der Waals surface area contributed by atoms with Gasteiger partial charge in [0.15, 0.2) is 5.78 Å². The van der Waals surface area contributed by atoms with Gasteiger partial charge in [0, 0.05) is 30.8 Å². The van der Waals surface area contributed by atoms with Gasteiger partial charge in [-0.25, -0.2) is 4.79 Å². The van der Waals surface area contributed by atoms with Crippen molar-refractivity contribution < 1.29 is 19.1 Å². The summed E-state index contributed by atoms with van der Waals surface area (Å²) in [6, 6.07) is 0. The third kappa shape index (κ3) is 5.44. The molecule has 0 aliphatic carbocycles. The van der Waals surface area contributed by atoms with Crippen LogP contribution in [-0.4, -0.2) is 47.3 Å². The Morgan fingerprint density at radius 3 is 2.11 bits per heavy atom. The number of carbonyl (C=O) groups excluding carboxylic acids is 3. The van der Waals surface area contributed by atoms with E-state index in [-0.39, 0.29) is 30.1 Å². The maximum atomic E-state index is 13.1. The summed E-state index contributed by atoms with van der Waals surface area (Å²) in [6.07, 6.45) is 0.418. The van der Waals surface area contributed by atoms with Crippen LogP contribution in [0.25, 0.3) is 0 Å². The third-order valence-corrected chi connectivity index (χ3v) is 4.60. The van der Waals surface area contributed by atoms with E-state index in [1.165, 1.54) is 7.11 Å². The number of hydrogen-bond acceptors (Lipinski definition) is 4. The molecule has 0 N–H and O–H groups in total. The van der Waals surface area contributed by atoms with Gasteiger partial charge in [0.25, 0.3) is 0 Å². The molecule has 0 spiro atoms. The molecule has 0 fully saturated rings. The highest BCUT2D eigenvalue weighted by atomic mass is 16.5. The summed E-state index contributed by atoms with van der Waals surface area (Å²) in [4.78, 5) is 39.5. The first-order valence-electron chi connectivity index (χ1n) is 9.63. The number of aromatic nitrogens is 1. The van der Waals surface area contributed by atoms with E-state index in [9.17, 15) is 14.4 Å². The molecule has 1 aromatic heterocycles. The predicted octanol–water partition coefficient (Wildman–Crippen LogP) is 3.62. The first-order chi connectivity index (χ1) is 12.5. The Balaban J connectivity index is 3.24. The van der Waals surface area contributed by atoms with Crippen molar-refractivity contribution >= 4 is 17.7 Å². The average molecular weight is 379 g/mol. The van der Waals surface area contributed by atoms with Crippen molar-refractivity contribution in [2.45, 2.75) is 61.4 Å². The molecular weight excluding hydrogens is 344 g/mol. The van der Waals surface area contributed by atoms with E-state index >= 15 is 0 Å². The number of ketones is 1. The van der Waals surface area contributed by atoms with Crippen molar-refractivity contribution in [2.75, 3.05) is 20.2 Å². The van der Waals surface area contributed by atoms with Crippen LogP contribution in [0.2, 0.25) is 0 Å². The standard InChI is InChI=1S/C21H34N2O4/c1-9-23-16(7)19(15(6)20(23)21(26)27-8)17(24)12-22(11-14(4)5)18(25)10-13(2)3/h13-14H,9-12H2,1-8H3. The zero-order chi connectivity index (χ0) is 20.9. The fraction of sp³-hybridized carbons (Fsp3) is 0.667. The van der Waals surface area contributed by atoms with Crippen LogP contribution in [0.5, 0.6) is 0 Å². The Hall–Kier alpha value is -2.11. The number of ether oxygens (including phenoxy) is 1. The van der Waals surface area contributed by atoms with Crippen molar-refractivity contribution in [1.29, 1.82) is 0 Å². The molecule has 1 heterocycles. The van der Waals surface area contributed by atoms with Crippen LogP contribution in [0, 0.1) is 25.7 Å². The van der Waals surface area contributed by atoms with Crippen LogP contribution in [0.1, 0.15) is 73.1 Å². The first kappa shape index (κ1) is 22.9. The Morgan fingerprint density at radius 2 is 1.67 bits per heavy atom. The average Bonchev–Trinajstić information content (AvgIpc) is 2.82. The molecule has 0 aliphatic heterocycles. The second-order valence-electron chi connectivity index (χ2n) is 7.86. The first-order valence-corrected chi connectivity index (χ1v) is 9.63. The highest BCUT2D eigenvalue weighted by Crippen LogP contribution is 2.24. The SMILES string of the molecule is CCn1c(C)c(C(=O)CN(CC(C)C)C(=O)CC(C)C)c(C)c1C(=O)OC. The van der Waals surface area contributed by atoms with Crippen LogP contribution in [0.4, 0.5) is 0 Å². The molecule has 0 bridgehead atoms. The van der Waals surface area contributed by atoms with Gasteiger partial charge >= 0.3 is 5.97 Å². The zero-order valence-electron chi connectivity index (χ0n) is 18.0. The molecule has 6 nitrogen and oxygen atoms in total. The Kier molecular flexibility index (Phi) is 8.25. The van der Waals surface area contributed by atoms with E-state index in [1.54, 1.807) is 16.4 Å². The van der Waals surface area contributed by atoms with E-state index in [2.05, 4.69) is 0 Å². The van der Waals surface area contributed by atoms with Crippen LogP contribution in [0.3, 0.4) is 0 Å². The predicted molar refractivity (Wildman–Crippen MR) is 106 cm³/mol. The van der Waals surface area contributed by atoms with Crippen molar-refractivity contribution in [1.82, 2.24) is 9.47 Å². The molecule has 0 aromatic carbocycles. The van der Waals surface area contributed by atoms with Crippen LogP contribution in [0.15, 0.2) is 0 Å². The summed E-state index contributed by atoms with van der Waals surface area (Å²) in [6.45, 7) is 14.7. The summed E-state index contributed by atoms with van der Waals surface area (Å²) in [7, 11) is 1.33. The number of Topliss-reactive ketones (excluding diaryl/α,β-unsaturated/α-hetero) is 1. The van der Waals surface area contributed by atoms with E-state index < -0.39 is 5.97 Å². The molecule has 0 aliphatic rings. The van der Waals surface area contributed by atoms with Gasteiger partial charge in [-0.2, -0.15) is 0 Å². The Bertz CT molecular complexity index is 702. The topological polar surface area (TPSA) is 68.6 Å². The molecule has 0 saturated carbocycles. The molecule has 27 heavy (non-hydrogen) atoms. The van der Waals surface area contributed by atoms with Crippen LogP contribution in [-0.2, 0) is 16.1 Å². The molecule has 0 radical (unpaired) electrons. The lowest BCUT2D eigenvalue weighted by Crippen LogP contribution is -2.39. The van der Waals surface area contributed by atoms with Gasteiger partial charge < -0.3 is 14.2 Å². The Morgan fingerprint density at radius 1 is 1.07 bits per heavy atom. The minimum absolute atomic E-state index is 0.00882. The largest absolute Gasteiger partial charge is 0.464 e. The second-order valence-corrected chi connectivity index (χ2v) is 7.86. The fourth-order valence-corrected chi connectivity index (χ4v) is 3.49. The maximum absolute atomic E-state index is 13.1. The summed E-state index contributed by atoms with van der Waals surface area (Å²) >= 11 is 0. The van der Waals surface area contributed by atoms with Gasteiger partial charge in [-0.1, -0.05) is 27.7 Å². The van der Waals surface area contributed by atoms with Crippen molar-refractivity contribution in [3.63, 3.8) is 0 Å².